The van der Waals surface area contributed by atoms with Crippen LogP contribution in [0, 0.1) is 0 Å². The minimum absolute atomic E-state index is 0.100. The van der Waals surface area contributed by atoms with Crippen molar-refractivity contribution in [1.82, 2.24) is 0 Å². The third kappa shape index (κ3) is 66.6. The maximum atomic E-state index is 12.9. The highest BCUT2D eigenvalue weighted by atomic mass is 16.6. The molecule has 0 amide bonds. The molecular weight excluding hydrogens is 1010 g/mol. The normalized spacial score (nSPS) is 12.9. The van der Waals surface area contributed by atoms with Crippen LogP contribution < -0.4 is 0 Å². The summed E-state index contributed by atoms with van der Waals surface area (Å²) >= 11 is 0. The fourth-order valence-electron chi connectivity index (χ4n) is 9.52. The molecule has 0 saturated heterocycles. The van der Waals surface area contributed by atoms with E-state index < -0.39 is 6.10 Å². The van der Waals surface area contributed by atoms with E-state index in [-0.39, 0.29) is 37.5 Å². The molecule has 0 aromatic carbocycles. The molecule has 6 heteroatoms. The van der Waals surface area contributed by atoms with Crippen LogP contribution in [0.5, 0.6) is 0 Å². The van der Waals surface area contributed by atoms with E-state index in [9.17, 15) is 14.4 Å². The average molecular weight is 1140 g/mol. The molecule has 1 unspecified atom stereocenters. The molecule has 0 rings (SSSR count). The molecular formula is C76H128O6. The molecule has 0 N–H and O–H groups in total. The maximum Gasteiger partial charge on any atom is 0.306 e. The predicted molar refractivity (Wildman–Crippen MR) is 357 cm³/mol. The Morgan fingerprint density at radius 1 is 0.256 bits per heavy atom. The van der Waals surface area contributed by atoms with Gasteiger partial charge in [0.15, 0.2) is 6.10 Å². The van der Waals surface area contributed by atoms with Crippen LogP contribution in [0.2, 0.25) is 0 Å². The van der Waals surface area contributed by atoms with E-state index in [1.807, 2.05) is 0 Å². The van der Waals surface area contributed by atoms with Gasteiger partial charge in [0.2, 0.25) is 0 Å². The predicted octanol–water partition coefficient (Wildman–Crippen LogP) is 23.9. The van der Waals surface area contributed by atoms with Crippen molar-refractivity contribution in [2.24, 2.45) is 0 Å². The molecule has 0 fully saturated rings. The highest BCUT2D eigenvalue weighted by Gasteiger charge is 2.19. The summed E-state index contributed by atoms with van der Waals surface area (Å²) in [5.41, 5.74) is 0. The number of rotatable bonds is 62. The molecule has 6 nitrogen and oxygen atoms in total. The first-order chi connectivity index (χ1) is 40.5. The monoisotopic (exact) mass is 1140 g/mol. The van der Waals surface area contributed by atoms with Gasteiger partial charge in [0, 0.05) is 19.3 Å². The third-order valence-electron chi connectivity index (χ3n) is 14.7. The molecule has 0 aliphatic rings. The second-order valence-electron chi connectivity index (χ2n) is 22.7. The van der Waals surface area contributed by atoms with Crippen LogP contribution in [0.4, 0.5) is 0 Å². The molecule has 0 saturated carbocycles. The largest absolute Gasteiger partial charge is 0.462 e. The summed E-state index contributed by atoms with van der Waals surface area (Å²) in [6.45, 7) is 6.47. The summed E-state index contributed by atoms with van der Waals surface area (Å²) in [6.07, 6.45) is 96.5. The van der Waals surface area contributed by atoms with Crippen LogP contribution >= 0.6 is 0 Å². The molecule has 0 aromatic heterocycles. The number of esters is 3. The van der Waals surface area contributed by atoms with E-state index in [1.54, 1.807) is 0 Å². The number of hydrogen-bond donors (Lipinski definition) is 0. The van der Waals surface area contributed by atoms with Crippen LogP contribution in [0.3, 0.4) is 0 Å². The maximum absolute atomic E-state index is 12.9. The van der Waals surface area contributed by atoms with Gasteiger partial charge in [0.1, 0.15) is 13.2 Å². The van der Waals surface area contributed by atoms with E-state index in [1.165, 1.54) is 173 Å². The second kappa shape index (κ2) is 69.3. The van der Waals surface area contributed by atoms with Gasteiger partial charge in [-0.25, -0.2) is 0 Å². The second-order valence-corrected chi connectivity index (χ2v) is 22.7. The van der Waals surface area contributed by atoms with Crippen molar-refractivity contribution in [2.75, 3.05) is 13.2 Å². The van der Waals surface area contributed by atoms with Gasteiger partial charge in [-0.1, -0.05) is 296 Å². The van der Waals surface area contributed by atoms with Gasteiger partial charge < -0.3 is 14.2 Å². The Kier molecular flexibility index (Phi) is 65.8. The first-order valence-corrected chi connectivity index (χ1v) is 34.5. The summed E-state index contributed by atoms with van der Waals surface area (Å²) in [7, 11) is 0. The van der Waals surface area contributed by atoms with Crippen LogP contribution in [-0.2, 0) is 28.6 Å². The smallest absolute Gasteiger partial charge is 0.306 e. The number of ether oxygens (including phenoxy) is 3. The van der Waals surface area contributed by atoms with Crippen molar-refractivity contribution < 1.29 is 28.6 Å². The third-order valence-corrected chi connectivity index (χ3v) is 14.7. The summed E-state index contributed by atoms with van der Waals surface area (Å²) < 4.78 is 16.9. The van der Waals surface area contributed by atoms with Gasteiger partial charge in [-0.3, -0.25) is 14.4 Å². The summed E-state index contributed by atoms with van der Waals surface area (Å²) in [6, 6.07) is 0. The quantitative estimate of drug-likeness (QED) is 0.0261. The Morgan fingerprint density at radius 2 is 0.488 bits per heavy atom. The van der Waals surface area contributed by atoms with Crippen molar-refractivity contribution in [2.45, 2.75) is 329 Å². The lowest BCUT2D eigenvalue weighted by Crippen LogP contribution is -2.30. The zero-order valence-electron chi connectivity index (χ0n) is 53.7. The van der Waals surface area contributed by atoms with E-state index in [0.717, 1.165) is 103 Å². The zero-order valence-corrected chi connectivity index (χ0v) is 53.7. The molecule has 0 aliphatic heterocycles. The van der Waals surface area contributed by atoms with Gasteiger partial charge in [-0.05, 0) is 128 Å². The van der Waals surface area contributed by atoms with Crippen LogP contribution in [0.25, 0.3) is 0 Å². The molecule has 82 heavy (non-hydrogen) atoms. The molecule has 0 spiro atoms. The number of carbonyl (C=O) groups excluding carboxylic acids is 3. The van der Waals surface area contributed by atoms with Gasteiger partial charge in [0.05, 0.1) is 0 Å². The topological polar surface area (TPSA) is 78.9 Å². The Morgan fingerprint density at radius 3 is 0.805 bits per heavy atom. The molecule has 0 aromatic rings. The van der Waals surface area contributed by atoms with Crippen LogP contribution in [0.15, 0.2) is 122 Å². The fourth-order valence-corrected chi connectivity index (χ4v) is 9.52. The van der Waals surface area contributed by atoms with Gasteiger partial charge in [0.25, 0.3) is 0 Å². The van der Waals surface area contributed by atoms with E-state index in [0.29, 0.717) is 19.3 Å². The van der Waals surface area contributed by atoms with Gasteiger partial charge in [-0.2, -0.15) is 0 Å². The molecule has 0 bridgehead atoms. The van der Waals surface area contributed by atoms with Gasteiger partial charge >= 0.3 is 17.9 Å². The number of carbonyl (C=O) groups is 3. The van der Waals surface area contributed by atoms with Gasteiger partial charge in [-0.15, -0.1) is 0 Å². The molecule has 0 radical (unpaired) electrons. The minimum atomic E-state index is -0.810. The lowest BCUT2D eigenvalue weighted by molar-refractivity contribution is -0.167. The Bertz CT molecular complexity index is 1690. The van der Waals surface area contributed by atoms with Crippen molar-refractivity contribution in [1.29, 1.82) is 0 Å². The molecule has 0 aliphatic carbocycles. The number of hydrogen-bond acceptors (Lipinski definition) is 6. The standard InChI is InChI=1S/C76H128O6/c1-4-7-10-13-16-19-22-25-28-31-33-34-35-36-37-38-39-40-41-42-43-46-48-51-54-57-60-63-66-69-75(78)81-72-73(71-80-74(77)68-65-62-59-56-53-50-47-44-30-27-24-21-18-15-12-9-6-3)82-76(79)70-67-64-61-58-55-52-49-45-32-29-26-23-20-17-14-11-8-5-2/h9,12,18,20-23,25,27,29-33,35-36,47,50,56,59,73H,4-8,10-11,13-17,19,24,26,28,34,37-46,48-49,51-55,57-58,60-72H2,1-3H3/b12-9-,21-18-,23-20-,25-22-,30-27-,32-29-,33-31-,36-35-,50-47-,59-56-. The summed E-state index contributed by atoms with van der Waals surface area (Å²) in [4.78, 5) is 38.4. The van der Waals surface area contributed by atoms with Crippen LogP contribution in [-0.4, -0.2) is 37.2 Å². The summed E-state index contributed by atoms with van der Waals surface area (Å²) in [5, 5.41) is 0. The first-order valence-electron chi connectivity index (χ1n) is 34.5. The molecule has 468 valence electrons. The van der Waals surface area contributed by atoms with E-state index in [4.69, 9.17) is 14.2 Å². The lowest BCUT2D eigenvalue weighted by atomic mass is 10.0. The number of allylic oxidation sites excluding steroid dienone is 20. The van der Waals surface area contributed by atoms with Crippen molar-refractivity contribution in [3.63, 3.8) is 0 Å². The Hall–Kier alpha value is -4.19. The first kappa shape index (κ1) is 77.8. The molecule has 0 heterocycles. The summed E-state index contributed by atoms with van der Waals surface area (Å²) in [5.74, 6) is -0.961. The van der Waals surface area contributed by atoms with Crippen molar-refractivity contribution in [3.05, 3.63) is 122 Å². The minimum Gasteiger partial charge on any atom is -0.462 e. The average Bonchev–Trinajstić information content (AvgIpc) is 3.47. The zero-order chi connectivity index (χ0) is 59.2. The van der Waals surface area contributed by atoms with Crippen molar-refractivity contribution >= 4 is 17.9 Å². The van der Waals surface area contributed by atoms with E-state index >= 15 is 0 Å². The Balaban J connectivity index is 4.36. The number of unbranched alkanes of at least 4 members (excludes halogenated alkanes) is 31. The Labute approximate surface area is 507 Å². The highest BCUT2D eigenvalue weighted by molar-refractivity contribution is 5.71. The molecule has 1 atom stereocenters. The van der Waals surface area contributed by atoms with E-state index in [2.05, 4.69) is 142 Å². The fraction of sp³-hybridized carbons (Fsp3) is 0.697. The lowest BCUT2D eigenvalue weighted by Gasteiger charge is -2.18. The highest BCUT2D eigenvalue weighted by Crippen LogP contribution is 2.16. The van der Waals surface area contributed by atoms with Crippen LogP contribution in [0.1, 0.15) is 323 Å². The van der Waals surface area contributed by atoms with Crippen molar-refractivity contribution in [3.8, 4) is 0 Å². The SMILES string of the molecule is CC/C=C\C/C=C\C/C=C\C/C=C\C/C=C\CCCC(=O)OCC(COC(=O)CCCCCCCCCCCCCCCC/C=C\C/C=C\C/C=C\CCCCCCC)OC(=O)CCCCCCCCC/C=C\C/C=C\CCCCCC.